The molecule has 4 nitrogen and oxygen atoms in total. The lowest BCUT2D eigenvalue weighted by molar-refractivity contribution is -0.137. The molecule has 2 rings (SSSR count). The van der Waals surface area contributed by atoms with Gasteiger partial charge < -0.3 is 15.2 Å². The molecular weight excluding hydrogens is 273 g/mol. The number of alkyl halides is 3. The minimum absolute atomic E-state index is 0.0120. The van der Waals surface area contributed by atoms with Crippen molar-refractivity contribution in [3.8, 4) is 17.4 Å². The maximum atomic E-state index is 12.4. The molecule has 0 radical (unpaired) electrons. The highest BCUT2D eigenvalue weighted by Gasteiger charge is 2.30. The molecule has 0 atom stereocenters. The van der Waals surface area contributed by atoms with Gasteiger partial charge in [0.05, 0.1) is 18.4 Å². The van der Waals surface area contributed by atoms with Crippen LogP contribution in [0.15, 0.2) is 36.5 Å². The van der Waals surface area contributed by atoms with E-state index in [0.29, 0.717) is 17.6 Å². The molecule has 0 aliphatic rings. The number of hydrogen-bond donors (Lipinski definition) is 1. The van der Waals surface area contributed by atoms with Crippen LogP contribution in [-0.2, 0) is 6.18 Å². The van der Waals surface area contributed by atoms with E-state index in [9.17, 15) is 13.2 Å². The fourth-order valence-corrected chi connectivity index (χ4v) is 1.45. The number of pyridine rings is 1. The zero-order chi connectivity index (χ0) is 14.8. The summed E-state index contributed by atoms with van der Waals surface area (Å²) in [7, 11) is 1.48. The molecule has 1 aromatic heterocycles. The topological polar surface area (TPSA) is 57.4 Å². The van der Waals surface area contributed by atoms with E-state index in [4.69, 9.17) is 15.2 Å². The number of nitrogen functional groups attached to an aromatic ring is 1. The van der Waals surface area contributed by atoms with Crippen LogP contribution in [0.3, 0.4) is 0 Å². The van der Waals surface area contributed by atoms with Gasteiger partial charge in [-0.05, 0) is 18.2 Å². The molecule has 0 bridgehead atoms. The van der Waals surface area contributed by atoms with E-state index in [2.05, 4.69) is 4.98 Å². The molecule has 0 unspecified atom stereocenters. The second-order valence-electron chi connectivity index (χ2n) is 3.89. The van der Waals surface area contributed by atoms with E-state index < -0.39 is 11.7 Å². The third kappa shape index (κ3) is 3.11. The van der Waals surface area contributed by atoms with Gasteiger partial charge in [0.15, 0.2) is 5.75 Å². The van der Waals surface area contributed by atoms with Crippen molar-refractivity contribution in [2.75, 3.05) is 12.8 Å². The Morgan fingerprint density at radius 3 is 2.45 bits per heavy atom. The number of halogens is 3. The Labute approximate surface area is 113 Å². The Morgan fingerprint density at radius 2 is 1.90 bits per heavy atom. The number of nitrogens with two attached hydrogens (primary N) is 1. The summed E-state index contributed by atoms with van der Waals surface area (Å²) < 4.78 is 47.5. The second-order valence-corrected chi connectivity index (χ2v) is 3.89. The Balaban J connectivity index is 2.22. The lowest BCUT2D eigenvalue weighted by atomic mass is 10.2. The van der Waals surface area contributed by atoms with Gasteiger partial charge in [0.2, 0.25) is 5.88 Å². The van der Waals surface area contributed by atoms with Gasteiger partial charge in [0.25, 0.3) is 0 Å². The average Bonchev–Trinajstić information content (AvgIpc) is 2.41. The molecule has 0 saturated heterocycles. The second kappa shape index (κ2) is 5.28. The molecule has 0 amide bonds. The number of anilines is 1. The van der Waals surface area contributed by atoms with Crippen molar-refractivity contribution in [2.24, 2.45) is 0 Å². The van der Waals surface area contributed by atoms with Crippen LogP contribution < -0.4 is 15.2 Å². The molecule has 2 aromatic rings. The van der Waals surface area contributed by atoms with Gasteiger partial charge in [-0.1, -0.05) is 0 Å². The Hall–Kier alpha value is -2.44. The summed E-state index contributed by atoms with van der Waals surface area (Å²) in [5.41, 5.74) is 5.19. The molecule has 106 valence electrons. The third-order valence-electron chi connectivity index (χ3n) is 2.50. The largest absolute Gasteiger partial charge is 0.497 e. The van der Waals surface area contributed by atoms with Crippen molar-refractivity contribution >= 4 is 5.69 Å². The Morgan fingerprint density at radius 1 is 1.15 bits per heavy atom. The van der Waals surface area contributed by atoms with Crippen LogP contribution in [0.4, 0.5) is 18.9 Å². The molecule has 0 aliphatic heterocycles. The number of nitrogens with zero attached hydrogens (tertiary/aromatic N) is 1. The van der Waals surface area contributed by atoms with Crippen molar-refractivity contribution in [2.45, 2.75) is 6.18 Å². The van der Waals surface area contributed by atoms with Crippen molar-refractivity contribution in [3.63, 3.8) is 0 Å². The first kappa shape index (κ1) is 14.0. The molecular formula is C13H11F3N2O2. The minimum Gasteiger partial charge on any atom is -0.497 e. The molecule has 1 aromatic carbocycles. The lowest BCUT2D eigenvalue weighted by Crippen LogP contribution is -2.05. The van der Waals surface area contributed by atoms with Gasteiger partial charge in [0, 0.05) is 18.3 Å². The summed E-state index contributed by atoms with van der Waals surface area (Å²) >= 11 is 0. The first-order valence-corrected chi connectivity index (χ1v) is 5.55. The molecule has 0 saturated carbocycles. The number of rotatable bonds is 3. The first-order chi connectivity index (χ1) is 9.40. The van der Waals surface area contributed by atoms with E-state index in [1.807, 2.05) is 0 Å². The van der Waals surface area contributed by atoms with E-state index >= 15 is 0 Å². The Kier molecular flexibility index (Phi) is 3.69. The summed E-state index contributed by atoms with van der Waals surface area (Å²) in [5.74, 6) is 0.788. The van der Waals surface area contributed by atoms with Gasteiger partial charge in [-0.3, -0.25) is 0 Å². The van der Waals surface area contributed by atoms with E-state index in [0.717, 1.165) is 12.1 Å². The number of methoxy groups -OCH3 is 1. The zero-order valence-electron chi connectivity index (χ0n) is 10.4. The molecule has 0 spiro atoms. The molecule has 2 N–H and O–H groups in total. The summed E-state index contributed by atoms with van der Waals surface area (Å²) in [4.78, 5) is 3.60. The highest BCUT2D eigenvalue weighted by molar-refractivity contribution is 5.56. The van der Waals surface area contributed by atoms with Crippen LogP contribution in [0.25, 0.3) is 0 Å². The summed E-state index contributed by atoms with van der Waals surface area (Å²) in [6.45, 7) is 0. The molecule has 0 aliphatic carbocycles. The maximum absolute atomic E-state index is 12.4. The van der Waals surface area contributed by atoms with Crippen LogP contribution in [0.2, 0.25) is 0 Å². The van der Waals surface area contributed by atoms with Gasteiger partial charge in [0.1, 0.15) is 5.75 Å². The quantitative estimate of drug-likeness (QED) is 0.877. The average molecular weight is 284 g/mol. The highest BCUT2D eigenvalue weighted by atomic mass is 19.4. The van der Waals surface area contributed by atoms with E-state index in [-0.39, 0.29) is 11.6 Å². The Bertz CT molecular complexity index is 598. The SMILES string of the molecule is COc1ccc(N)c(Oc2ccc(C(F)(F)F)cn2)c1. The molecule has 7 heteroatoms. The van der Waals surface area contributed by atoms with Crippen molar-refractivity contribution < 1.29 is 22.6 Å². The smallest absolute Gasteiger partial charge is 0.417 e. The normalized spacial score (nSPS) is 11.2. The number of ether oxygens (including phenoxy) is 2. The predicted molar refractivity (Wildman–Crippen MR) is 66.7 cm³/mol. The van der Waals surface area contributed by atoms with Gasteiger partial charge >= 0.3 is 6.18 Å². The van der Waals surface area contributed by atoms with E-state index in [1.54, 1.807) is 12.1 Å². The van der Waals surface area contributed by atoms with E-state index in [1.165, 1.54) is 13.2 Å². The first-order valence-electron chi connectivity index (χ1n) is 5.55. The number of hydrogen-bond acceptors (Lipinski definition) is 4. The predicted octanol–water partition coefficient (Wildman–Crippen LogP) is 3.48. The van der Waals surface area contributed by atoms with Crippen LogP contribution in [-0.4, -0.2) is 12.1 Å². The zero-order valence-corrected chi connectivity index (χ0v) is 10.4. The van der Waals surface area contributed by atoms with Gasteiger partial charge in [-0.2, -0.15) is 13.2 Å². The minimum atomic E-state index is -4.43. The third-order valence-corrected chi connectivity index (χ3v) is 2.50. The summed E-state index contributed by atoms with van der Waals surface area (Å²) in [6, 6.07) is 6.75. The van der Waals surface area contributed by atoms with Crippen molar-refractivity contribution in [1.29, 1.82) is 0 Å². The highest BCUT2D eigenvalue weighted by Crippen LogP contribution is 2.32. The molecule has 20 heavy (non-hydrogen) atoms. The molecule has 0 fully saturated rings. The summed E-state index contributed by atoms with van der Waals surface area (Å²) in [6.07, 6.45) is -3.73. The summed E-state index contributed by atoms with van der Waals surface area (Å²) in [5, 5.41) is 0. The van der Waals surface area contributed by atoms with Crippen LogP contribution in [0.5, 0.6) is 17.4 Å². The standard InChI is InChI=1S/C13H11F3N2O2/c1-19-9-3-4-10(17)11(6-9)20-12-5-2-8(7-18-12)13(14,15)16/h2-7H,17H2,1H3. The van der Waals surface area contributed by atoms with Gasteiger partial charge in [-0.25, -0.2) is 4.98 Å². The van der Waals surface area contributed by atoms with Gasteiger partial charge in [-0.15, -0.1) is 0 Å². The van der Waals surface area contributed by atoms with Crippen LogP contribution >= 0.6 is 0 Å². The maximum Gasteiger partial charge on any atom is 0.417 e. The van der Waals surface area contributed by atoms with Crippen LogP contribution in [0, 0.1) is 0 Å². The number of aromatic nitrogens is 1. The van der Waals surface area contributed by atoms with Crippen LogP contribution in [0.1, 0.15) is 5.56 Å². The monoisotopic (exact) mass is 284 g/mol. The van der Waals surface area contributed by atoms with Crippen molar-refractivity contribution in [3.05, 3.63) is 42.1 Å². The van der Waals surface area contributed by atoms with Crippen molar-refractivity contribution in [1.82, 2.24) is 4.98 Å². The fraction of sp³-hybridized carbons (Fsp3) is 0.154. The molecule has 1 heterocycles. The lowest BCUT2D eigenvalue weighted by Gasteiger charge is -2.10. The number of benzene rings is 1. The fourth-order valence-electron chi connectivity index (χ4n) is 1.45.